The number of fused-ring (bicyclic) bond motifs is 4. The standard InChI is InChI=1S/C42H49F17N2O2Si/c1-10-11-12-13-26-28-18-24(8)14-15-30(28)60-32-29(26)20-61-31(32)19-27(25(9)34(61)62)33(21(2)3)63-64(22(4)5,23(6)7)17-16-35(43,44)36(45,46)37(47,48)38(49,50)39(51,52)40(53,54)41(55,56)42(57,58)59/h14-15,18-19,21-23,33H,10-13,16-17,20H2,1-9H3. The van der Waals surface area contributed by atoms with Crippen LogP contribution in [0.25, 0.3) is 22.3 Å². The van der Waals surface area contributed by atoms with Gasteiger partial charge in [-0.15, -0.1) is 0 Å². The molecular formula is C42H49F17N2O2Si. The molecule has 1 aliphatic heterocycles. The number of halogens is 17. The van der Waals surface area contributed by atoms with Crippen molar-refractivity contribution in [3.8, 4) is 11.4 Å². The molecular weight excluding hydrogens is 916 g/mol. The van der Waals surface area contributed by atoms with Crippen molar-refractivity contribution < 1.29 is 79.1 Å². The highest BCUT2D eigenvalue weighted by molar-refractivity contribution is 6.76. The zero-order chi connectivity index (χ0) is 49.4. The highest BCUT2D eigenvalue weighted by Crippen LogP contribution is 2.64. The van der Waals surface area contributed by atoms with E-state index < -0.39 is 97.1 Å². The SMILES string of the molecule is CCCCCc1c2c(nc3ccc(C)cc13)-c1cc(C(O[Si](CCC(F)(F)C(F)(F)C(F)(F)C(F)(F)C(F)(F)C(F)(F)C(F)(F)C(F)(F)F)(C(C)C)C(C)C)C(C)C)c(C)c(=O)n1C2. The quantitative estimate of drug-likeness (QED) is 0.0534. The van der Waals surface area contributed by atoms with Crippen molar-refractivity contribution in [2.75, 3.05) is 0 Å². The van der Waals surface area contributed by atoms with E-state index in [-0.39, 0.29) is 17.7 Å². The lowest BCUT2D eigenvalue weighted by Crippen LogP contribution is -2.74. The Morgan fingerprint density at radius 1 is 0.719 bits per heavy atom. The molecule has 0 aliphatic carbocycles. The Labute approximate surface area is 359 Å². The van der Waals surface area contributed by atoms with Crippen LogP contribution in [-0.2, 0) is 17.4 Å². The summed E-state index contributed by atoms with van der Waals surface area (Å²) in [4.78, 5) is 19.1. The van der Waals surface area contributed by atoms with Gasteiger partial charge in [0.25, 0.3) is 5.56 Å². The number of hydrogen-bond acceptors (Lipinski definition) is 3. The number of unbranched alkanes of at least 4 members (excludes halogenated alkanes) is 2. The molecule has 0 saturated carbocycles. The number of aryl methyl sites for hydroxylation is 2. The lowest BCUT2D eigenvalue weighted by atomic mass is 9.88. The van der Waals surface area contributed by atoms with Gasteiger partial charge in [0.1, 0.15) is 0 Å². The highest BCUT2D eigenvalue weighted by atomic mass is 28.4. The van der Waals surface area contributed by atoms with Gasteiger partial charge in [0.05, 0.1) is 29.6 Å². The smallest absolute Gasteiger partial charge is 0.409 e. The van der Waals surface area contributed by atoms with Crippen LogP contribution < -0.4 is 5.56 Å². The predicted octanol–water partition coefficient (Wildman–Crippen LogP) is 14.7. The number of hydrogen-bond donors (Lipinski definition) is 0. The van der Waals surface area contributed by atoms with E-state index >= 15 is 17.6 Å². The molecule has 1 unspecified atom stereocenters. The van der Waals surface area contributed by atoms with Gasteiger partial charge in [0, 0.05) is 22.9 Å². The molecule has 1 aliphatic rings. The third-order valence-corrected chi connectivity index (χ3v) is 18.0. The third kappa shape index (κ3) is 8.23. The second-order valence-electron chi connectivity index (χ2n) is 17.6. The van der Waals surface area contributed by atoms with Crippen LogP contribution in [0.15, 0.2) is 29.1 Å². The summed E-state index contributed by atoms with van der Waals surface area (Å²) in [6, 6.07) is 5.97. The lowest BCUT2D eigenvalue weighted by Gasteiger charge is -2.45. The first-order chi connectivity index (χ1) is 28.9. The van der Waals surface area contributed by atoms with Crippen LogP contribution >= 0.6 is 0 Å². The van der Waals surface area contributed by atoms with Gasteiger partial charge in [0.2, 0.25) is 0 Å². The van der Waals surface area contributed by atoms with E-state index in [9.17, 15) is 61.9 Å². The molecule has 64 heavy (non-hydrogen) atoms. The molecule has 0 N–H and O–H groups in total. The maximum Gasteiger partial charge on any atom is 0.460 e. The van der Waals surface area contributed by atoms with E-state index in [1.807, 2.05) is 32.0 Å². The molecule has 4 rings (SSSR count). The van der Waals surface area contributed by atoms with Gasteiger partial charge in [-0.05, 0) is 79.1 Å². The highest BCUT2D eigenvalue weighted by Gasteiger charge is 2.95. The molecule has 3 aromatic rings. The predicted molar refractivity (Wildman–Crippen MR) is 208 cm³/mol. The minimum Gasteiger partial charge on any atom is -0.409 e. The molecule has 1 atom stereocenters. The number of benzene rings is 1. The third-order valence-electron chi connectivity index (χ3n) is 12.4. The summed E-state index contributed by atoms with van der Waals surface area (Å²) < 4.78 is 248. The molecule has 2 aromatic heterocycles. The van der Waals surface area contributed by atoms with Crippen molar-refractivity contribution >= 4 is 19.2 Å². The number of nitrogens with zero attached hydrogens (tertiary/aromatic N) is 2. The first-order valence-corrected chi connectivity index (χ1v) is 22.7. The van der Waals surface area contributed by atoms with Crippen molar-refractivity contribution in [1.29, 1.82) is 0 Å². The van der Waals surface area contributed by atoms with Gasteiger partial charge in [-0.25, -0.2) is 4.98 Å². The lowest BCUT2D eigenvalue weighted by molar-refractivity contribution is -0.461. The molecule has 362 valence electrons. The Balaban J connectivity index is 1.80. The summed E-state index contributed by atoms with van der Waals surface area (Å²) in [6.45, 7) is 14.3. The maximum atomic E-state index is 15.5. The minimum absolute atomic E-state index is 0.117. The van der Waals surface area contributed by atoms with Gasteiger partial charge in [-0.2, -0.15) is 74.6 Å². The topological polar surface area (TPSA) is 44.1 Å². The molecule has 3 heterocycles. The Morgan fingerprint density at radius 3 is 1.72 bits per heavy atom. The molecule has 0 radical (unpaired) electrons. The van der Waals surface area contributed by atoms with Gasteiger partial charge >= 0.3 is 47.6 Å². The number of pyridine rings is 2. The van der Waals surface area contributed by atoms with Gasteiger partial charge < -0.3 is 8.99 Å². The maximum absolute atomic E-state index is 15.5. The van der Waals surface area contributed by atoms with Crippen molar-refractivity contribution in [3.05, 3.63) is 62.4 Å². The Kier molecular flexibility index (Phi) is 14.4. The molecule has 22 heteroatoms. The molecule has 0 spiro atoms. The van der Waals surface area contributed by atoms with E-state index in [4.69, 9.17) is 9.41 Å². The van der Waals surface area contributed by atoms with Crippen LogP contribution in [-0.4, -0.2) is 65.5 Å². The van der Waals surface area contributed by atoms with Crippen LogP contribution in [0.1, 0.15) is 108 Å². The van der Waals surface area contributed by atoms with E-state index in [1.54, 1.807) is 19.9 Å². The molecule has 0 saturated heterocycles. The zero-order valence-corrected chi connectivity index (χ0v) is 37.2. The zero-order valence-electron chi connectivity index (χ0n) is 36.2. The second-order valence-corrected chi connectivity index (χ2v) is 22.5. The Bertz CT molecular complexity index is 2240. The van der Waals surface area contributed by atoms with Crippen molar-refractivity contribution in [3.63, 3.8) is 0 Å². The average Bonchev–Trinajstić information content (AvgIpc) is 3.53. The molecule has 4 nitrogen and oxygen atoms in total. The van der Waals surface area contributed by atoms with Crippen LogP contribution in [0, 0.1) is 19.8 Å². The van der Waals surface area contributed by atoms with E-state index in [2.05, 4.69) is 0 Å². The van der Waals surface area contributed by atoms with Crippen LogP contribution in [0.3, 0.4) is 0 Å². The summed E-state index contributed by atoms with van der Waals surface area (Å²) >= 11 is 0. The molecule has 0 bridgehead atoms. The summed E-state index contributed by atoms with van der Waals surface area (Å²) in [5.41, 5.74) is 2.21. The van der Waals surface area contributed by atoms with Gasteiger partial charge in [-0.3, -0.25) is 4.79 Å². The fourth-order valence-electron chi connectivity index (χ4n) is 8.35. The van der Waals surface area contributed by atoms with Gasteiger partial charge in [0.15, 0.2) is 8.32 Å². The van der Waals surface area contributed by atoms with E-state index in [0.717, 1.165) is 41.3 Å². The Hall–Kier alpha value is -3.43. The fourth-order valence-corrected chi connectivity index (χ4v) is 13.1. The van der Waals surface area contributed by atoms with Crippen molar-refractivity contribution in [1.82, 2.24) is 9.55 Å². The summed E-state index contributed by atoms with van der Waals surface area (Å²) in [7, 11) is -4.23. The van der Waals surface area contributed by atoms with Crippen molar-refractivity contribution in [2.24, 2.45) is 5.92 Å². The number of rotatable bonds is 19. The molecule has 1 aromatic carbocycles. The molecule has 0 fully saturated rings. The summed E-state index contributed by atoms with van der Waals surface area (Å²) in [5.74, 6) is -57.5. The van der Waals surface area contributed by atoms with Crippen LogP contribution in [0.2, 0.25) is 17.1 Å². The molecule has 0 amide bonds. The van der Waals surface area contributed by atoms with E-state index in [1.165, 1.54) is 39.2 Å². The number of alkyl halides is 17. The minimum atomic E-state index is -8.70. The monoisotopic (exact) mass is 964 g/mol. The number of aromatic nitrogens is 2. The first kappa shape index (κ1) is 53.2. The normalized spacial score (nSPS) is 15.5. The average molecular weight is 965 g/mol. The van der Waals surface area contributed by atoms with Crippen LogP contribution in [0.5, 0.6) is 0 Å². The van der Waals surface area contributed by atoms with E-state index in [0.29, 0.717) is 23.3 Å². The summed E-state index contributed by atoms with van der Waals surface area (Å²) in [6.07, 6.45) is -8.28. The first-order valence-electron chi connectivity index (χ1n) is 20.4. The largest absolute Gasteiger partial charge is 0.460 e. The van der Waals surface area contributed by atoms with Gasteiger partial charge in [-0.1, -0.05) is 72.9 Å². The summed E-state index contributed by atoms with van der Waals surface area (Å²) in [5, 5.41) is 0.902. The Morgan fingerprint density at radius 2 is 1.23 bits per heavy atom. The van der Waals surface area contributed by atoms with Crippen LogP contribution in [0.4, 0.5) is 74.6 Å². The van der Waals surface area contributed by atoms with Crippen molar-refractivity contribution in [2.45, 2.75) is 172 Å². The fraction of sp³-hybridized carbons (Fsp3) is 0.667. The second kappa shape index (κ2) is 17.3.